The Balaban J connectivity index is 1.49. The maximum atomic E-state index is 13.4. The number of ether oxygens (including phenoxy) is 1. The number of nitrogens with zero attached hydrogens (tertiary/aromatic N) is 2. The summed E-state index contributed by atoms with van der Waals surface area (Å²) in [6, 6.07) is 17.6. The molecule has 0 radical (unpaired) electrons. The molecule has 2 aromatic rings. The molecule has 0 unspecified atom stereocenters. The van der Waals surface area contributed by atoms with Crippen LogP contribution in [0.25, 0.3) is 0 Å². The number of methoxy groups -OCH3 is 1. The first-order valence-corrected chi connectivity index (χ1v) is 11.2. The predicted octanol–water partition coefficient (Wildman–Crippen LogP) is 3.19. The zero-order chi connectivity index (χ0) is 22.7. The van der Waals surface area contributed by atoms with Crippen LogP contribution in [0.15, 0.2) is 54.6 Å². The van der Waals surface area contributed by atoms with Gasteiger partial charge in [0.25, 0.3) is 0 Å². The molecular formula is C26H30N2O4. The number of piperidine rings is 1. The minimum atomic E-state index is -1.21. The molecule has 2 heterocycles. The van der Waals surface area contributed by atoms with E-state index in [1.54, 1.807) is 12.1 Å². The van der Waals surface area contributed by atoms with Gasteiger partial charge in [0.15, 0.2) is 0 Å². The summed E-state index contributed by atoms with van der Waals surface area (Å²) in [7, 11) is 3.03. The highest BCUT2D eigenvalue weighted by atomic mass is 16.5. The number of para-hydroxylation sites is 1. The average molecular weight is 435 g/mol. The summed E-state index contributed by atoms with van der Waals surface area (Å²) in [5.74, 6) is 0.392. The fraction of sp³-hybridized carbons (Fsp3) is 0.423. The molecule has 6 nitrogen and oxygen atoms in total. The summed E-state index contributed by atoms with van der Waals surface area (Å²) in [5, 5.41) is 0. The molecule has 0 aliphatic carbocycles. The van der Waals surface area contributed by atoms with Crippen molar-refractivity contribution >= 4 is 17.7 Å². The van der Waals surface area contributed by atoms with E-state index >= 15 is 0 Å². The molecule has 2 saturated heterocycles. The number of hydrogen-bond donors (Lipinski definition) is 0. The van der Waals surface area contributed by atoms with Crippen molar-refractivity contribution in [1.82, 2.24) is 9.80 Å². The lowest BCUT2D eigenvalue weighted by molar-refractivity contribution is -0.142. The number of carbonyl (C=O) groups excluding carboxylic acids is 3. The van der Waals surface area contributed by atoms with E-state index in [-0.39, 0.29) is 30.6 Å². The molecule has 0 N–H and O–H groups in total. The molecule has 0 bridgehead atoms. The maximum Gasteiger partial charge on any atom is 0.240 e. The second-order valence-electron chi connectivity index (χ2n) is 8.91. The Bertz CT molecular complexity index is 998. The van der Waals surface area contributed by atoms with Crippen LogP contribution in [0, 0.1) is 5.92 Å². The van der Waals surface area contributed by atoms with Crippen LogP contribution in [-0.2, 0) is 26.2 Å². The first-order chi connectivity index (χ1) is 15.4. The van der Waals surface area contributed by atoms with E-state index in [2.05, 4.69) is 24.3 Å². The van der Waals surface area contributed by atoms with Gasteiger partial charge in [-0.15, -0.1) is 0 Å². The molecule has 1 atom stereocenters. The van der Waals surface area contributed by atoms with E-state index in [1.165, 1.54) is 19.7 Å². The van der Waals surface area contributed by atoms with Crippen molar-refractivity contribution in [3.05, 3.63) is 65.7 Å². The first kappa shape index (κ1) is 22.1. The van der Waals surface area contributed by atoms with Gasteiger partial charge in [0.05, 0.1) is 12.5 Å². The number of imide groups is 1. The van der Waals surface area contributed by atoms with Gasteiger partial charge in [0.2, 0.25) is 17.7 Å². The summed E-state index contributed by atoms with van der Waals surface area (Å²) >= 11 is 0. The van der Waals surface area contributed by atoms with Gasteiger partial charge in [-0.1, -0.05) is 48.5 Å². The van der Waals surface area contributed by atoms with Crippen LogP contribution in [0.1, 0.15) is 36.8 Å². The fourth-order valence-corrected chi connectivity index (χ4v) is 5.07. The molecule has 0 aromatic heterocycles. The number of benzene rings is 2. The molecule has 32 heavy (non-hydrogen) atoms. The van der Waals surface area contributed by atoms with Crippen LogP contribution >= 0.6 is 0 Å². The molecule has 2 fully saturated rings. The van der Waals surface area contributed by atoms with E-state index in [4.69, 9.17) is 4.74 Å². The van der Waals surface area contributed by atoms with E-state index in [9.17, 15) is 14.4 Å². The SMILES string of the molecule is COc1ccccc1[C@]1(CC(=O)N2CCC(Cc3ccccc3)CC2)CC(=O)N(C)C1=O. The van der Waals surface area contributed by atoms with Crippen molar-refractivity contribution in [2.24, 2.45) is 5.92 Å². The van der Waals surface area contributed by atoms with E-state index in [0.29, 0.717) is 30.3 Å². The molecule has 6 heteroatoms. The monoisotopic (exact) mass is 434 g/mol. The molecule has 2 aliphatic heterocycles. The molecule has 2 aromatic carbocycles. The minimum absolute atomic E-state index is 0.0150. The van der Waals surface area contributed by atoms with Gasteiger partial charge in [-0.05, 0) is 36.8 Å². The van der Waals surface area contributed by atoms with Crippen molar-refractivity contribution in [2.45, 2.75) is 37.5 Å². The summed E-state index contributed by atoms with van der Waals surface area (Å²) in [6.45, 7) is 1.35. The van der Waals surface area contributed by atoms with Crippen LogP contribution in [0.5, 0.6) is 5.75 Å². The second-order valence-corrected chi connectivity index (χ2v) is 8.91. The van der Waals surface area contributed by atoms with Gasteiger partial charge < -0.3 is 9.64 Å². The molecule has 0 spiro atoms. The molecule has 0 saturated carbocycles. The number of carbonyl (C=O) groups is 3. The topological polar surface area (TPSA) is 66.9 Å². The fourth-order valence-electron chi connectivity index (χ4n) is 5.07. The second kappa shape index (κ2) is 9.15. The molecule has 2 aliphatic rings. The molecule has 168 valence electrons. The van der Waals surface area contributed by atoms with E-state index in [1.807, 2.05) is 23.1 Å². The lowest BCUT2D eigenvalue weighted by Gasteiger charge is -2.35. The molecule has 4 rings (SSSR count). The van der Waals surface area contributed by atoms with Gasteiger partial charge in [0.1, 0.15) is 5.75 Å². The van der Waals surface area contributed by atoms with Gasteiger partial charge in [-0.25, -0.2) is 0 Å². The Hall–Kier alpha value is -3.15. The first-order valence-electron chi connectivity index (χ1n) is 11.2. The van der Waals surface area contributed by atoms with Gasteiger partial charge in [-0.2, -0.15) is 0 Å². The summed E-state index contributed by atoms with van der Waals surface area (Å²) in [5.41, 5.74) is 0.721. The van der Waals surface area contributed by atoms with Crippen LogP contribution in [-0.4, -0.2) is 54.8 Å². The highest BCUT2D eigenvalue weighted by molar-refractivity contribution is 6.10. The van der Waals surface area contributed by atoms with Crippen molar-refractivity contribution in [2.75, 3.05) is 27.2 Å². The third-order valence-electron chi connectivity index (χ3n) is 6.95. The highest BCUT2D eigenvalue weighted by Crippen LogP contribution is 2.43. The standard InChI is InChI=1S/C26H30N2O4/c1-27-23(29)17-26(25(27)31,21-10-6-7-11-22(21)32-2)18-24(30)28-14-12-20(13-15-28)16-19-8-4-3-5-9-19/h3-11,20H,12-18H2,1-2H3/t26-/m1/s1. The largest absolute Gasteiger partial charge is 0.496 e. The van der Waals surface area contributed by atoms with Gasteiger partial charge in [-0.3, -0.25) is 19.3 Å². The highest BCUT2D eigenvalue weighted by Gasteiger charge is 2.54. The predicted molar refractivity (Wildman–Crippen MR) is 121 cm³/mol. The average Bonchev–Trinajstić information content (AvgIpc) is 3.04. The van der Waals surface area contributed by atoms with Crippen molar-refractivity contribution in [1.29, 1.82) is 0 Å². The number of likely N-dealkylation sites (N-methyl/N-ethyl adjacent to an activating group) is 1. The Kier molecular flexibility index (Phi) is 6.31. The normalized spacial score (nSPS) is 21.8. The Morgan fingerprint density at radius 2 is 1.69 bits per heavy atom. The Labute approximate surface area is 189 Å². The van der Waals surface area contributed by atoms with Crippen molar-refractivity contribution < 1.29 is 19.1 Å². The number of rotatable bonds is 6. The molecular weight excluding hydrogens is 404 g/mol. The lowest BCUT2D eigenvalue weighted by Crippen LogP contribution is -2.45. The van der Waals surface area contributed by atoms with Crippen LogP contribution < -0.4 is 4.74 Å². The summed E-state index contributed by atoms with van der Waals surface area (Å²) in [6.07, 6.45) is 2.86. The van der Waals surface area contributed by atoms with Crippen molar-refractivity contribution in [3.63, 3.8) is 0 Å². The van der Waals surface area contributed by atoms with Crippen LogP contribution in [0.2, 0.25) is 0 Å². The molecule has 3 amide bonds. The van der Waals surface area contributed by atoms with Crippen LogP contribution in [0.4, 0.5) is 0 Å². The minimum Gasteiger partial charge on any atom is -0.496 e. The third kappa shape index (κ3) is 4.14. The van der Waals surface area contributed by atoms with Crippen LogP contribution in [0.3, 0.4) is 0 Å². The summed E-state index contributed by atoms with van der Waals surface area (Å²) < 4.78 is 5.49. The zero-order valence-corrected chi connectivity index (χ0v) is 18.8. The van der Waals surface area contributed by atoms with E-state index in [0.717, 1.165) is 24.2 Å². The number of likely N-dealkylation sites (tertiary alicyclic amines) is 2. The Morgan fingerprint density at radius 3 is 2.31 bits per heavy atom. The lowest BCUT2D eigenvalue weighted by atomic mass is 9.75. The third-order valence-corrected chi connectivity index (χ3v) is 6.95. The Morgan fingerprint density at radius 1 is 1.03 bits per heavy atom. The van der Waals surface area contributed by atoms with Gasteiger partial charge in [0, 0.05) is 38.5 Å². The van der Waals surface area contributed by atoms with Crippen molar-refractivity contribution in [3.8, 4) is 5.75 Å². The number of amides is 3. The summed E-state index contributed by atoms with van der Waals surface area (Å²) in [4.78, 5) is 42.1. The maximum absolute atomic E-state index is 13.4. The van der Waals surface area contributed by atoms with E-state index < -0.39 is 5.41 Å². The quantitative estimate of drug-likeness (QED) is 0.655. The van der Waals surface area contributed by atoms with Gasteiger partial charge >= 0.3 is 0 Å². The number of hydrogen-bond acceptors (Lipinski definition) is 4. The smallest absolute Gasteiger partial charge is 0.240 e. The zero-order valence-electron chi connectivity index (χ0n) is 18.8.